The second-order valence-electron chi connectivity index (χ2n) is 7.44. The number of piperidine rings is 1. The van der Waals surface area contributed by atoms with Crippen LogP contribution in [0.2, 0.25) is 0 Å². The molecule has 4 rings (SSSR count). The second kappa shape index (κ2) is 8.00. The van der Waals surface area contributed by atoms with Crippen molar-refractivity contribution in [2.24, 2.45) is 0 Å². The first-order valence-electron chi connectivity index (χ1n) is 10.1. The predicted octanol–water partition coefficient (Wildman–Crippen LogP) is 2.00. The molecule has 158 valence electrons. The molecule has 0 saturated carbocycles. The van der Waals surface area contributed by atoms with Crippen LogP contribution in [0.1, 0.15) is 32.1 Å². The average Bonchev–Trinajstić information content (AvgIpc) is 3.31. The van der Waals surface area contributed by atoms with Gasteiger partial charge in [0, 0.05) is 37.6 Å². The molecule has 2 atom stereocenters. The van der Waals surface area contributed by atoms with Crippen LogP contribution in [0.25, 0.3) is 22.1 Å². The molecule has 1 aliphatic rings. The Morgan fingerprint density at radius 2 is 2.21 bits per heavy atom. The predicted molar refractivity (Wildman–Crippen MR) is 111 cm³/mol. The fourth-order valence-corrected chi connectivity index (χ4v) is 4.74. The minimum atomic E-state index is -3.29. The summed E-state index contributed by atoms with van der Waals surface area (Å²) in [4.78, 5) is 14.3. The zero-order valence-electron chi connectivity index (χ0n) is 16.7. The minimum absolute atomic E-state index is 0.0271. The van der Waals surface area contributed by atoms with Gasteiger partial charge in [0.1, 0.15) is 23.2 Å². The molecule has 10 heteroatoms. The fraction of sp³-hybridized carbons (Fsp3) is 0.579. The van der Waals surface area contributed by atoms with Crippen molar-refractivity contribution < 1.29 is 12.8 Å². The number of nitrogens with zero attached hydrogens (tertiary/aromatic N) is 4. The molecule has 29 heavy (non-hydrogen) atoms. The van der Waals surface area contributed by atoms with Crippen LogP contribution in [0.3, 0.4) is 0 Å². The quantitative estimate of drug-likeness (QED) is 0.607. The van der Waals surface area contributed by atoms with Crippen molar-refractivity contribution >= 4 is 32.1 Å². The number of imidazole rings is 1. The molecular weight excluding hydrogens is 395 g/mol. The van der Waals surface area contributed by atoms with E-state index in [1.807, 2.05) is 23.8 Å². The molecule has 0 aliphatic carbocycles. The summed E-state index contributed by atoms with van der Waals surface area (Å²) in [6.45, 7) is 5.92. The normalized spacial score (nSPS) is 21.3. The number of alkyl halides is 1. The fourth-order valence-electron chi connectivity index (χ4n) is 4.13. The molecule has 1 saturated heterocycles. The number of fused-ring (bicyclic) bond motifs is 3. The zero-order chi connectivity index (χ0) is 20.6. The van der Waals surface area contributed by atoms with E-state index in [1.165, 1.54) is 0 Å². The standard InChI is InChI=1S/C19H27FN6O2S/c1-3-25-10-7-16(14(20)12-25)26-17(6-9-23-29(27,28)4-2)24-15-11-22-19-13(18(15)26)5-8-21-19/h5,8,11,14,16,23H,3-4,6-7,9-10,12H2,1-2H3,(H,21,22)/t14-,16+/m0/s1. The lowest BCUT2D eigenvalue weighted by Crippen LogP contribution is -2.43. The Labute approximate surface area is 169 Å². The van der Waals surface area contributed by atoms with E-state index < -0.39 is 16.2 Å². The molecule has 0 aromatic carbocycles. The topological polar surface area (TPSA) is 95.9 Å². The van der Waals surface area contributed by atoms with Crippen molar-refractivity contribution in [3.8, 4) is 0 Å². The third-order valence-corrected chi connectivity index (χ3v) is 7.13. The van der Waals surface area contributed by atoms with Crippen molar-refractivity contribution in [2.75, 3.05) is 31.9 Å². The molecule has 0 amide bonds. The summed E-state index contributed by atoms with van der Waals surface area (Å²) in [6, 6.07) is 1.60. The number of halogens is 1. The summed E-state index contributed by atoms with van der Waals surface area (Å²) >= 11 is 0. The SMILES string of the molecule is CCN1CC[C@@H](n2c(CCNS(=O)(=O)CC)nc3cnc4[nH]ccc4c32)[C@@H](F)C1. The number of sulfonamides is 1. The Morgan fingerprint density at radius 3 is 2.93 bits per heavy atom. The average molecular weight is 423 g/mol. The summed E-state index contributed by atoms with van der Waals surface area (Å²) < 4.78 is 43.4. The molecule has 3 aromatic heterocycles. The molecule has 0 unspecified atom stereocenters. The number of hydrogen-bond donors (Lipinski definition) is 2. The van der Waals surface area contributed by atoms with Crippen molar-refractivity contribution in [3.05, 3.63) is 24.3 Å². The van der Waals surface area contributed by atoms with Crippen LogP contribution >= 0.6 is 0 Å². The van der Waals surface area contributed by atoms with Gasteiger partial charge in [-0.2, -0.15) is 0 Å². The lowest BCUT2D eigenvalue weighted by Gasteiger charge is -2.35. The first kappa shape index (κ1) is 20.2. The van der Waals surface area contributed by atoms with Crippen LogP contribution < -0.4 is 4.72 Å². The van der Waals surface area contributed by atoms with Gasteiger partial charge < -0.3 is 14.5 Å². The molecule has 0 radical (unpaired) electrons. The van der Waals surface area contributed by atoms with E-state index in [4.69, 9.17) is 4.98 Å². The third kappa shape index (κ3) is 3.88. The molecular formula is C19H27FN6O2S. The minimum Gasteiger partial charge on any atom is -0.346 e. The van der Waals surface area contributed by atoms with Gasteiger partial charge in [-0.25, -0.2) is 27.5 Å². The summed E-state index contributed by atoms with van der Waals surface area (Å²) in [5, 5.41) is 0.903. The smallest absolute Gasteiger partial charge is 0.211 e. The number of hydrogen-bond acceptors (Lipinski definition) is 5. The monoisotopic (exact) mass is 422 g/mol. The summed E-state index contributed by atoms with van der Waals surface area (Å²) in [5.74, 6) is 0.714. The van der Waals surface area contributed by atoms with Crippen LogP contribution in [-0.4, -0.2) is 70.9 Å². The van der Waals surface area contributed by atoms with Crippen LogP contribution in [0.5, 0.6) is 0 Å². The first-order chi connectivity index (χ1) is 13.9. The maximum Gasteiger partial charge on any atom is 0.211 e. The number of pyridine rings is 1. The summed E-state index contributed by atoms with van der Waals surface area (Å²) in [5.41, 5.74) is 2.30. The van der Waals surface area contributed by atoms with Gasteiger partial charge >= 0.3 is 0 Å². The number of aromatic amines is 1. The van der Waals surface area contributed by atoms with Crippen LogP contribution in [0, 0.1) is 0 Å². The largest absolute Gasteiger partial charge is 0.346 e. The molecule has 1 fully saturated rings. The second-order valence-corrected chi connectivity index (χ2v) is 9.54. The van der Waals surface area contributed by atoms with Gasteiger partial charge in [0.15, 0.2) is 0 Å². The van der Waals surface area contributed by atoms with Crippen LogP contribution in [0.4, 0.5) is 4.39 Å². The van der Waals surface area contributed by atoms with E-state index in [9.17, 15) is 8.42 Å². The number of likely N-dealkylation sites (tertiary alicyclic amines) is 1. The van der Waals surface area contributed by atoms with Gasteiger partial charge in [-0.3, -0.25) is 0 Å². The van der Waals surface area contributed by atoms with E-state index in [-0.39, 0.29) is 18.3 Å². The maximum absolute atomic E-state index is 15.2. The highest BCUT2D eigenvalue weighted by Gasteiger charge is 2.33. The lowest BCUT2D eigenvalue weighted by molar-refractivity contribution is 0.0939. The molecule has 4 heterocycles. The Morgan fingerprint density at radius 1 is 1.38 bits per heavy atom. The van der Waals surface area contributed by atoms with E-state index >= 15 is 4.39 Å². The van der Waals surface area contributed by atoms with E-state index in [0.29, 0.717) is 30.7 Å². The maximum atomic E-state index is 15.2. The van der Waals surface area contributed by atoms with Gasteiger partial charge in [-0.15, -0.1) is 0 Å². The van der Waals surface area contributed by atoms with E-state index in [0.717, 1.165) is 29.6 Å². The van der Waals surface area contributed by atoms with Crippen LogP contribution in [0.15, 0.2) is 18.5 Å². The molecule has 0 bridgehead atoms. The van der Waals surface area contributed by atoms with E-state index in [1.54, 1.807) is 13.1 Å². The van der Waals surface area contributed by atoms with Crippen molar-refractivity contribution in [2.45, 2.75) is 38.9 Å². The molecule has 2 N–H and O–H groups in total. The summed E-state index contributed by atoms with van der Waals surface area (Å²) in [7, 11) is -3.29. The number of H-pyrrole nitrogens is 1. The number of aromatic nitrogens is 4. The van der Waals surface area contributed by atoms with Gasteiger partial charge in [0.25, 0.3) is 0 Å². The third-order valence-electron chi connectivity index (χ3n) is 5.73. The number of nitrogens with one attached hydrogen (secondary N) is 2. The first-order valence-corrected chi connectivity index (χ1v) is 11.8. The summed E-state index contributed by atoms with van der Waals surface area (Å²) in [6.07, 6.45) is 3.56. The highest BCUT2D eigenvalue weighted by Crippen LogP contribution is 2.33. The van der Waals surface area contributed by atoms with Crippen LogP contribution in [-0.2, 0) is 16.4 Å². The Balaban J connectivity index is 1.75. The molecule has 8 nitrogen and oxygen atoms in total. The Kier molecular flexibility index (Phi) is 5.58. The molecule has 1 aliphatic heterocycles. The van der Waals surface area contributed by atoms with Gasteiger partial charge in [0.05, 0.1) is 23.5 Å². The van der Waals surface area contributed by atoms with Crippen molar-refractivity contribution in [3.63, 3.8) is 0 Å². The Bertz CT molecular complexity index is 1110. The highest BCUT2D eigenvalue weighted by molar-refractivity contribution is 7.89. The molecule has 0 spiro atoms. The highest BCUT2D eigenvalue weighted by atomic mass is 32.2. The van der Waals surface area contributed by atoms with E-state index in [2.05, 4.69) is 19.6 Å². The number of rotatable bonds is 7. The van der Waals surface area contributed by atoms with Gasteiger partial charge in [-0.05, 0) is 26.0 Å². The lowest BCUT2D eigenvalue weighted by atomic mass is 10.0. The van der Waals surface area contributed by atoms with Crippen molar-refractivity contribution in [1.29, 1.82) is 0 Å². The Hall–Kier alpha value is -2.04. The molecule has 3 aromatic rings. The van der Waals surface area contributed by atoms with Gasteiger partial charge in [-0.1, -0.05) is 6.92 Å². The van der Waals surface area contributed by atoms with Gasteiger partial charge in [0.2, 0.25) is 10.0 Å². The van der Waals surface area contributed by atoms with Crippen molar-refractivity contribution in [1.82, 2.24) is 29.1 Å². The zero-order valence-corrected chi connectivity index (χ0v) is 17.5.